The Bertz CT molecular complexity index is 973. The molecule has 0 bridgehead atoms. The van der Waals surface area contributed by atoms with E-state index in [2.05, 4.69) is 10.4 Å². The zero-order chi connectivity index (χ0) is 20.1. The van der Waals surface area contributed by atoms with Crippen LogP contribution in [0.2, 0.25) is 0 Å². The molecule has 0 saturated carbocycles. The lowest BCUT2D eigenvalue weighted by atomic mass is 10.2. The third-order valence-corrected chi connectivity index (χ3v) is 5.39. The van der Waals surface area contributed by atoms with Gasteiger partial charge in [0, 0.05) is 34.9 Å². The SMILES string of the molecule is Cc1nn(-c2ccccc2)c(C)c1CNC(=O)CCSc1ccc(F)c(F)c1. The molecule has 0 saturated heterocycles. The molecule has 0 aliphatic rings. The molecular weight excluding hydrogens is 380 g/mol. The Hall–Kier alpha value is -2.67. The highest BCUT2D eigenvalue weighted by molar-refractivity contribution is 7.99. The van der Waals surface area contributed by atoms with Gasteiger partial charge < -0.3 is 5.32 Å². The van der Waals surface area contributed by atoms with Gasteiger partial charge in [-0.15, -0.1) is 11.8 Å². The van der Waals surface area contributed by atoms with Gasteiger partial charge in [0.2, 0.25) is 5.91 Å². The maximum atomic E-state index is 13.2. The molecule has 0 aliphatic heterocycles. The lowest BCUT2D eigenvalue weighted by Crippen LogP contribution is -2.23. The molecule has 0 radical (unpaired) electrons. The number of halogens is 2. The maximum absolute atomic E-state index is 13.2. The first-order valence-corrected chi connectivity index (χ1v) is 9.89. The smallest absolute Gasteiger partial charge is 0.221 e. The van der Waals surface area contributed by atoms with E-state index < -0.39 is 11.6 Å². The van der Waals surface area contributed by atoms with Crippen LogP contribution in [0.4, 0.5) is 8.78 Å². The molecule has 28 heavy (non-hydrogen) atoms. The molecule has 7 heteroatoms. The summed E-state index contributed by atoms with van der Waals surface area (Å²) in [5.41, 5.74) is 3.83. The molecule has 3 aromatic rings. The normalized spacial score (nSPS) is 10.9. The minimum absolute atomic E-state index is 0.0960. The first-order valence-electron chi connectivity index (χ1n) is 8.91. The van der Waals surface area contributed by atoms with Crippen LogP contribution in [0.5, 0.6) is 0 Å². The Balaban J connectivity index is 1.53. The topological polar surface area (TPSA) is 46.9 Å². The maximum Gasteiger partial charge on any atom is 0.221 e. The molecule has 1 aromatic heterocycles. The van der Waals surface area contributed by atoms with Crippen LogP contribution in [0.15, 0.2) is 53.4 Å². The molecule has 0 unspecified atom stereocenters. The standard InChI is InChI=1S/C21H21F2N3OS/c1-14-18(15(2)26(25-14)16-6-4-3-5-7-16)13-24-21(27)10-11-28-17-8-9-19(22)20(23)12-17/h3-9,12H,10-11,13H2,1-2H3,(H,24,27). The van der Waals surface area contributed by atoms with Crippen molar-refractivity contribution < 1.29 is 13.6 Å². The molecule has 2 aromatic carbocycles. The van der Waals surface area contributed by atoms with Crippen LogP contribution >= 0.6 is 11.8 Å². The Kier molecular flexibility index (Phi) is 6.46. The van der Waals surface area contributed by atoms with Crippen molar-refractivity contribution in [1.29, 1.82) is 0 Å². The molecule has 4 nitrogen and oxygen atoms in total. The summed E-state index contributed by atoms with van der Waals surface area (Å²) in [6, 6.07) is 13.6. The van der Waals surface area contributed by atoms with Crippen molar-refractivity contribution in [1.82, 2.24) is 15.1 Å². The van der Waals surface area contributed by atoms with Gasteiger partial charge in [-0.3, -0.25) is 4.79 Å². The lowest BCUT2D eigenvalue weighted by molar-refractivity contribution is -0.120. The summed E-state index contributed by atoms with van der Waals surface area (Å²) in [5, 5.41) is 7.48. The highest BCUT2D eigenvalue weighted by Crippen LogP contribution is 2.21. The number of amides is 1. The first-order chi connectivity index (χ1) is 13.5. The zero-order valence-electron chi connectivity index (χ0n) is 15.7. The van der Waals surface area contributed by atoms with Crippen molar-refractivity contribution in [2.45, 2.75) is 31.7 Å². The summed E-state index contributed by atoms with van der Waals surface area (Å²) in [5.74, 6) is -1.36. The van der Waals surface area contributed by atoms with Crippen molar-refractivity contribution in [3.63, 3.8) is 0 Å². The van der Waals surface area contributed by atoms with E-state index in [0.29, 0.717) is 17.2 Å². The van der Waals surface area contributed by atoms with Gasteiger partial charge in [-0.25, -0.2) is 13.5 Å². The van der Waals surface area contributed by atoms with Crippen molar-refractivity contribution >= 4 is 17.7 Å². The number of nitrogens with one attached hydrogen (secondary N) is 1. The lowest BCUT2D eigenvalue weighted by Gasteiger charge is -2.07. The Morgan fingerprint density at radius 3 is 2.57 bits per heavy atom. The highest BCUT2D eigenvalue weighted by Gasteiger charge is 2.13. The molecule has 0 atom stereocenters. The summed E-state index contributed by atoms with van der Waals surface area (Å²) in [7, 11) is 0. The average molecular weight is 401 g/mol. The summed E-state index contributed by atoms with van der Waals surface area (Å²) in [6.45, 7) is 4.31. The number of benzene rings is 2. The summed E-state index contributed by atoms with van der Waals surface area (Å²) in [4.78, 5) is 12.7. The number of aromatic nitrogens is 2. The van der Waals surface area contributed by atoms with E-state index in [1.807, 2.05) is 48.9 Å². The van der Waals surface area contributed by atoms with Crippen molar-refractivity contribution in [2.75, 3.05) is 5.75 Å². The van der Waals surface area contributed by atoms with E-state index in [-0.39, 0.29) is 12.3 Å². The van der Waals surface area contributed by atoms with Gasteiger partial charge in [-0.1, -0.05) is 18.2 Å². The predicted molar refractivity (Wildman–Crippen MR) is 107 cm³/mol. The molecule has 0 aliphatic carbocycles. The monoisotopic (exact) mass is 401 g/mol. The molecular formula is C21H21F2N3OS. The molecule has 3 rings (SSSR count). The Morgan fingerprint density at radius 2 is 1.86 bits per heavy atom. The van der Waals surface area contributed by atoms with E-state index in [1.165, 1.54) is 17.8 Å². The van der Waals surface area contributed by atoms with E-state index in [0.717, 1.165) is 34.8 Å². The Labute approximate surface area is 167 Å². The third-order valence-electron chi connectivity index (χ3n) is 4.39. The number of hydrogen-bond acceptors (Lipinski definition) is 3. The number of rotatable bonds is 7. The van der Waals surface area contributed by atoms with Crippen LogP contribution in [0, 0.1) is 25.5 Å². The van der Waals surface area contributed by atoms with Gasteiger partial charge >= 0.3 is 0 Å². The third kappa shape index (κ3) is 4.78. The fourth-order valence-electron chi connectivity index (χ4n) is 2.85. The molecule has 0 fully saturated rings. The number of para-hydroxylation sites is 1. The van der Waals surface area contributed by atoms with Gasteiger partial charge in [0.1, 0.15) is 0 Å². The van der Waals surface area contributed by atoms with Crippen LogP contribution in [0.1, 0.15) is 23.4 Å². The van der Waals surface area contributed by atoms with E-state index in [1.54, 1.807) is 0 Å². The van der Waals surface area contributed by atoms with Crippen LogP contribution in [-0.2, 0) is 11.3 Å². The number of hydrogen-bond donors (Lipinski definition) is 1. The Morgan fingerprint density at radius 1 is 1.11 bits per heavy atom. The molecule has 0 spiro atoms. The van der Waals surface area contributed by atoms with Crippen LogP contribution in [0.25, 0.3) is 5.69 Å². The fourth-order valence-corrected chi connectivity index (χ4v) is 3.73. The minimum Gasteiger partial charge on any atom is -0.352 e. The van der Waals surface area contributed by atoms with Crippen molar-refractivity contribution in [3.05, 3.63) is 77.1 Å². The first kappa shape index (κ1) is 20.1. The summed E-state index contributed by atoms with van der Waals surface area (Å²) >= 11 is 1.32. The summed E-state index contributed by atoms with van der Waals surface area (Å²) in [6.07, 6.45) is 0.286. The predicted octanol–water partition coefficient (Wildman–Crippen LogP) is 4.57. The highest BCUT2D eigenvalue weighted by atomic mass is 32.2. The van der Waals surface area contributed by atoms with Crippen LogP contribution in [-0.4, -0.2) is 21.4 Å². The van der Waals surface area contributed by atoms with Gasteiger partial charge in [0.25, 0.3) is 0 Å². The van der Waals surface area contributed by atoms with Crippen LogP contribution in [0.3, 0.4) is 0 Å². The number of carbonyl (C=O) groups excluding carboxylic acids is 1. The number of aryl methyl sites for hydroxylation is 1. The largest absolute Gasteiger partial charge is 0.352 e. The van der Waals surface area contributed by atoms with Crippen molar-refractivity contribution in [3.8, 4) is 5.69 Å². The number of thioether (sulfide) groups is 1. The van der Waals surface area contributed by atoms with E-state index in [9.17, 15) is 13.6 Å². The van der Waals surface area contributed by atoms with Gasteiger partial charge in [0.15, 0.2) is 11.6 Å². The number of carbonyl (C=O) groups is 1. The minimum atomic E-state index is -0.879. The van der Waals surface area contributed by atoms with Gasteiger partial charge in [0.05, 0.1) is 11.4 Å². The second kappa shape index (κ2) is 9.01. The van der Waals surface area contributed by atoms with E-state index in [4.69, 9.17) is 0 Å². The quantitative estimate of drug-likeness (QED) is 0.590. The van der Waals surface area contributed by atoms with Gasteiger partial charge in [-0.2, -0.15) is 5.10 Å². The molecule has 1 N–H and O–H groups in total. The fraction of sp³-hybridized carbons (Fsp3) is 0.238. The van der Waals surface area contributed by atoms with Gasteiger partial charge in [-0.05, 0) is 44.2 Å². The van der Waals surface area contributed by atoms with Crippen molar-refractivity contribution in [2.24, 2.45) is 0 Å². The molecule has 1 amide bonds. The summed E-state index contributed by atoms with van der Waals surface area (Å²) < 4.78 is 28.0. The second-order valence-electron chi connectivity index (χ2n) is 6.35. The second-order valence-corrected chi connectivity index (χ2v) is 7.52. The molecule has 1 heterocycles. The van der Waals surface area contributed by atoms with E-state index >= 15 is 0 Å². The number of nitrogens with zero attached hydrogens (tertiary/aromatic N) is 2. The molecule has 146 valence electrons. The van der Waals surface area contributed by atoms with Crippen LogP contribution < -0.4 is 5.32 Å². The average Bonchev–Trinajstić information content (AvgIpc) is 2.97. The zero-order valence-corrected chi connectivity index (χ0v) is 16.5.